The number of nitrogens with two attached hydrogens (primary N) is 1. The number of rotatable bonds is 3. The Hall–Kier alpha value is -0.580. The molecule has 72 valence electrons. The summed E-state index contributed by atoms with van der Waals surface area (Å²) in [6, 6.07) is 0.376. The molecule has 1 saturated heterocycles. The lowest BCUT2D eigenvalue weighted by molar-refractivity contribution is 0.143. The number of hydrogen-bond acceptors (Lipinski definition) is 3. The quantitative estimate of drug-likeness (QED) is 0.758. The maximum Gasteiger partial charge on any atom is 0.0785 e. The van der Waals surface area contributed by atoms with E-state index in [2.05, 4.69) is 10.00 Å². The first-order chi connectivity index (χ1) is 6.24. The van der Waals surface area contributed by atoms with Crippen LogP contribution in [0.15, 0.2) is 12.4 Å². The van der Waals surface area contributed by atoms with Crippen LogP contribution in [0.4, 0.5) is 0 Å². The smallest absolute Gasteiger partial charge is 0.0785 e. The van der Waals surface area contributed by atoms with Crippen LogP contribution in [0.2, 0.25) is 5.02 Å². The fourth-order valence-corrected chi connectivity index (χ4v) is 1.65. The van der Waals surface area contributed by atoms with Crippen molar-refractivity contribution in [3.8, 4) is 0 Å². The summed E-state index contributed by atoms with van der Waals surface area (Å²) in [6.07, 6.45) is 3.49. The van der Waals surface area contributed by atoms with Gasteiger partial charge in [0.05, 0.1) is 17.8 Å². The van der Waals surface area contributed by atoms with Gasteiger partial charge in [-0.1, -0.05) is 11.6 Å². The summed E-state index contributed by atoms with van der Waals surface area (Å²) in [6.45, 7) is 3.91. The van der Waals surface area contributed by atoms with Gasteiger partial charge in [0, 0.05) is 31.9 Å². The molecule has 2 N–H and O–H groups in total. The van der Waals surface area contributed by atoms with Crippen molar-refractivity contribution in [2.75, 3.05) is 19.6 Å². The summed E-state index contributed by atoms with van der Waals surface area (Å²) >= 11 is 5.73. The second-order valence-corrected chi connectivity index (χ2v) is 3.88. The molecule has 1 aliphatic rings. The molecule has 0 unspecified atom stereocenters. The minimum absolute atomic E-state index is 0.376. The van der Waals surface area contributed by atoms with Crippen LogP contribution >= 0.6 is 11.6 Å². The SMILES string of the molecule is NC1CN(CCn2cc(Cl)cn2)C1. The number of nitrogens with zero attached hydrogens (tertiary/aromatic N) is 3. The van der Waals surface area contributed by atoms with Crippen LogP contribution in [0, 0.1) is 0 Å². The van der Waals surface area contributed by atoms with Crippen molar-refractivity contribution >= 4 is 11.6 Å². The summed E-state index contributed by atoms with van der Waals surface area (Å²) in [5, 5.41) is 4.79. The molecule has 1 fully saturated rings. The molecule has 0 spiro atoms. The molecule has 0 aromatic carbocycles. The number of aromatic nitrogens is 2. The van der Waals surface area contributed by atoms with Gasteiger partial charge in [0.15, 0.2) is 0 Å². The zero-order chi connectivity index (χ0) is 9.26. The molecule has 0 amide bonds. The summed E-state index contributed by atoms with van der Waals surface area (Å²) in [4.78, 5) is 2.31. The van der Waals surface area contributed by atoms with E-state index in [0.29, 0.717) is 11.1 Å². The molecule has 2 rings (SSSR count). The molecule has 0 radical (unpaired) electrons. The van der Waals surface area contributed by atoms with Crippen molar-refractivity contribution in [3.05, 3.63) is 17.4 Å². The molecule has 0 saturated carbocycles. The van der Waals surface area contributed by atoms with E-state index in [1.807, 2.05) is 10.9 Å². The molecule has 0 atom stereocenters. The number of hydrogen-bond donors (Lipinski definition) is 1. The third-order valence-corrected chi connectivity index (χ3v) is 2.43. The molecule has 0 aliphatic carbocycles. The van der Waals surface area contributed by atoms with E-state index in [1.54, 1.807) is 6.20 Å². The van der Waals surface area contributed by atoms with Crippen molar-refractivity contribution in [1.82, 2.24) is 14.7 Å². The monoisotopic (exact) mass is 200 g/mol. The van der Waals surface area contributed by atoms with E-state index in [0.717, 1.165) is 26.2 Å². The molecule has 5 heteroatoms. The lowest BCUT2D eigenvalue weighted by atomic mass is 10.1. The van der Waals surface area contributed by atoms with Gasteiger partial charge in [-0.05, 0) is 0 Å². The first-order valence-corrected chi connectivity index (χ1v) is 4.78. The maximum absolute atomic E-state index is 5.73. The Kier molecular flexibility index (Phi) is 2.53. The highest BCUT2D eigenvalue weighted by Crippen LogP contribution is 2.07. The summed E-state index contributed by atoms with van der Waals surface area (Å²) < 4.78 is 1.85. The fraction of sp³-hybridized carbons (Fsp3) is 0.625. The molecule has 2 heterocycles. The third kappa shape index (κ3) is 2.21. The van der Waals surface area contributed by atoms with E-state index < -0.39 is 0 Å². The minimum Gasteiger partial charge on any atom is -0.325 e. The first kappa shape index (κ1) is 8.99. The van der Waals surface area contributed by atoms with Crippen LogP contribution in [-0.2, 0) is 6.54 Å². The first-order valence-electron chi connectivity index (χ1n) is 4.40. The summed E-state index contributed by atoms with van der Waals surface area (Å²) in [5.41, 5.74) is 5.66. The Balaban J connectivity index is 1.74. The topological polar surface area (TPSA) is 47.1 Å². The normalized spacial score (nSPS) is 18.9. The minimum atomic E-state index is 0.376. The second kappa shape index (κ2) is 3.65. The van der Waals surface area contributed by atoms with Crippen molar-refractivity contribution in [2.45, 2.75) is 12.6 Å². The standard InChI is InChI=1S/C8H13ClN4/c9-7-3-11-13(4-7)2-1-12-5-8(10)6-12/h3-4,8H,1-2,5-6,10H2. The number of likely N-dealkylation sites (tertiary alicyclic amines) is 1. The van der Waals surface area contributed by atoms with Gasteiger partial charge in [-0.15, -0.1) is 0 Å². The molecule has 1 aliphatic heterocycles. The highest BCUT2D eigenvalue weighted by molar-refractivity contribution is 6.30. The maximum atomic E-state index is 5.73. The molecule has 13 heavy (non-hydrogen) atoms. The predicted octanol–water partition coefficient (Wildman–Crippen LogP) is 0.179. The largest absolute Gasteiger partial charge is 0.325 e. The molecule has 0 bridgehead atoms. The molecule has 1 aromatic rings. The van der Waals surface area contributed by atoms with Gasteiger partial charge in [-0.3, -0.25) is 9.58 Å². The zero-order valence-corrected chi connectivity index (χ0v) is 8.11. The molecular weight excluding hydrogens is 188 g/mol. The van der Waals surface area contributed by atoms with Crippen LogP contribution in [0.5, 0.6) is 0 Å². The van der Waals surface area contributed by atoms with Crippen molar-refractivity contribution in [1.29, 1.82) is 0 Å². The van der Waals surface area contributed by atoms with Crippen LogP contribution < -0.4 is 5.73 Å². The average molecular weight is 201 g/mol. The highest BCUT2D eigenvalue weighted by atomic mass is 35.5. The van der Waals surface area contributed by atoms with Crippen LogP contribution in [-0.4, -0.2) is 40.4 Å². The molecule has 4 nitrogen and oxygen atoms in total. The van der Waals surface area contributed by atoms with Crippen molar-refractivity contribution < 1.29 is 0 Å². The van der Waals surface area contributed by atoms with Crippen molar-refractivity contribution in [2.24, 2.45) is 5.73 Å². The van der Waals surface area contributed by atoms with Crippen LogP contribution in [0.25, 0.3) is 0 Å². The Morgan fingerprint density at radius 3 is 2.85 bits per heavy atom. The zero-order valence-electron chi connectivity index (χ0n) is 7.36. The van der Waals surface area contributed by atoms with Gasteiger partial charge in [-0.2, -0.15) is 5.10 Å². The van der Waals surface area contributed by atoms with Gasteiger partial charge in [0.25, 0.3) is 0 Å². The summed E-state index contributed by atoms with van der Waals surface area (Å²) in [5.74, 6) is 0. The lowest BCUT2D eigenvalue weighted by Gasteiger charge is -2.36. The molecular formula is C8H13ClN4. The predicted molar refractivity (Wildman–Crippen MR) is 51.7 cm³/mol. The van der Waals surface area contributed by atoms with Crippen molar-refractivity contribution in [3.63, 3.8) is 0 Å². The van der Waals surface area contributed by atoms with Gasteiger partial charge >= 0.3 is 0 Å². The van der Waals surface area contributed by atoms with Gasteiger partial charge < -0.3 is 5.73 Å². The van der Waals surface area contributed by atoms with Crippen LogP contribution in [0.1, 0.15) is 0 Å². The fourth-order valence-electron chi connectivity index (χ4n) is 1.50. The van der Waals surface area contributed by atoms with E-state index in [-0.39, 0.29) is 0 Å². The summed E-state index contributed by atoms with van der Waals surface area (Å²) in [7, 11) is 0. The lowest BCUT2D eigenvalue weighted by Crippen LogP contribution is -2.56. The van der Waals surface area contributed by atoms with E-state index in [1.165, 1.54) is 0 Å². The molecule has 1 aromatic heterocycles. The van der Waals surface area contributed by atoms with E-state index in [9.17, 15) is 0 Å². The highest BCUT2D eigenvalue weighted by Gasteiger charge is 2.21. The van der Waals surface area contributed by atoms with Gasteiger partial charge in [-0.25, -0.2) is 0 Å². The van der Waals surface area contributed by atoms with E-state index in [4.69, 9.17) is 17.3 Å². The third-order valence-electron chi connectivity index (χ3n) is 2.23. The average Bonchev–Trinajstić information content (AvgIpc) is 2.43. The second-order valence-electron chi connectivity index (χ2n) is 3.44. The Bertz CT molecular complexity index is 279. The Morgan fingerprint density at radius 1 is 1.54 bits per heavy atom. The van der Waals surface area contributed by atoms with Gasteiger partial charge in [0.2, 0.25) is 0 Å². The van der Waals surface area contributed by atoms with Crippen LogP contribution in [0.3, 0.4) is 0 Å². The Labute approximate surface area is 82.3 Å². The number of halogens is 1. The van der Waals surface area contributed by atoms with Gasteiger partial charge in [0.1, 0.15) is 0 Å². The van der Waals surface area contributed by atoms with E-state index >= 15 is 0 Å². The Morgan fingerprint density at radius 2 is 2.31 bits per heavy atom.